The zero-order valence-electron chi connectivity index (χ0n) is 8.27. The van der Waals surface area contributed by atoms with Crippen molar-refractivity contribution in [3.8, 4) is 0 Å². The number of rotatable bonds is 2. The summed E-state index contributed by atoms with van der Waals surface area (Å²) >= 11 is 5.04. The quantitative estimate of drug-likeness (QED) is 0.749. The van der Waals surface area contributed by atoms with Crippen LogP contribution in [0.1, 0.15) is 11.3 Å². The monoisotopic (exact) mass is 221 g/mol. The average molecular weight is 221 g/mol. The van der Waals surface area contributed by atoms with Gasteiger partial charge in [0.05, 0.1) is 6.54 Å². The first-order valence-corrected chi connectivity index (χ1v) is 4.90. The smallest absolute Gasteiger partial charge is 0.220 e. The van der Waals surface area contributed by atoms with E-state index in [1.165, 1.54) is 0 Å². The molecule has 78 valence electrons. The number of pyridine rings is 1. The molecule has 5 nitrogen and oxygen atoms in total. The van der Waals surface area contributed by atoms with Gasteiger partial charge in [-0.2, -0.15) is 0 Å². The molecule has 0 radical (unpaired) electrons. The Morgan fingerprint density at radius 2 is 2.33 bits per heavy atom. The number of nitrogens with zero attached hydrogens (tertiary/aromatic N) is 3. The molecule has 2 rings (SSSR count). The molecule has 6 heteroatoms. The van der Waals surface area contributed by atoms with Crippen LogP contribution in [0.3, 0.4) is 0 Å². The van der Waals surface area contributed by atoms with Gasteiger partial charge in [0.15, 0.2) is 4.77 Å². The molecule has 2 heterocycles. The number of nitrogens with one attached hydrogen (secondary N) is 1. The van der Waals surface area contributed by atoms with Gasteiger partial charge in [0.25, 0.3) is 0 Å². The van der Waals surface area contributed by atoms with Gasteiger partial charge < -0.3 is 5.73 Å². The number of hydrogen-bond acceptors (Lipinski definition) is 4. The number of anilines is 1. The van der Waals surface area contributed by atoms with Crippen molar-refractivity contribution in [3.63, 3.8) is 0 Å². The molecule has 0 aliphatic carbocycles. The van der Waals surface area contributed by atoms with E-state index in [2.05, 4.69) is 15.2 Å². The van der Waals surface area contributed by atoms with Crippen molar-refractivity contribution in [2.75, 3.05) is 5.73 Å². The predicted molar refractivity (Wildman–Crippen MR) is 59.9 cm³/mol. The summed E-state index contributed by atoms with van der Waals surface area (Å²) < 4.78 is 2.25. The first kappa shape index (κ1) is 9.85. The van der Waals surface area contributed by atoms with Crippen LogP contribution in [0.4, 0.5) is 5.95 Å². The van der Waals surface area contributed by atoms with E-state index in [4.69, 9.17) is 18.0 Å². The van der Waals surface area contributed by atoms with Gasteiger partial charge >= 0.3 is 0 Å². The molecular formula is C9H11N5S. The van der Waals surface area contributed by atoms with Crippen molar-refractivity contribution in [1.29, 1.82) is 0 Å². The van der Waals surface area contributed by atoms with Gasteiger partial charge in [-0.25, -0.2) is 5.10 Å². The Kier molecular flexibility index (Phi) is 2.51. The summed E-state index contributed by atoms with van der Waals surface area (Å²) in [6, 6.07) is 3.95. The highest BCUT2D eigenvalue weighted by Gasteiger charge is 2.02. The topological polar surface area (TPSA) is 72.5 Å². The Balaban J connectivity index is 2.29. The third-order valence-corrected chi connectivity index (χ3v) is 2.41. The molecule has 0 aliphatic heterocycles. The zero-order chi connectivity index (χ0) is 10.8. The lowest BCUT2D eigenvalue weighted by molar-refractivity contribution is 0.788. The van der Waals surface area contributed by atoms with Crippen LogP contribution in [0.15, 0.2) is 18.3 Å². The molecule has 2 aromatic heterocycles. The normalized spacial score (nSPS) is 10.5. The van der Waals surface area contributed by atoms with Crippen LogP contribution in [-0.2, 0) is 6.54 Å². The van der Waals surface area contributed by atoms with Crippen LogP contribution in [-0.4, -0.2) is 19.7 Å². The Morgan fingerprint density at radius 1 is 1.53 bits per heavy atom. The fourth-order valence-corrected chi connectivity index (χ4v) is 1.46. The number of nitrogen functional groups attached to an aromatic ring is 1. The molecule has 15 heavy (non-hydrogen) atoms. The SMILES string of the molecule is Cc1ccc(Cn2c(N)n[nH]c2=S)cn1. The van der Waals surface area contributed by atoms with Crippen LogP contribution >= 0.6 is 12.2 Å². The van der Waals surface area contributed by atoms with Crippen LogP contribution in [0, 0.1) is 11.7 Å². The molecule has 0 bridgehead atoms. The predicted octanol–water partition coefficient (Wildman–Crippen LogP) is 1.27. The summed E-state index contributed by atoms with van der Waals surface area (Å²) in [6.07, 6.45) is 1.81. The first-order valence-electron chi connectivity index (χ1n) is 4.49. The third kappa shape index (κ3) is 2.04. The Bertz CT molecular complexity index is 510. The van der Waals surface area contributed by atoms with E-state index in [1.54, 1.807) is 4.57 Å². The van der Waals surface area contributed by atoms with Crippen molar-refractivity contribution in [3.05, 3.63) is 34.4 Å². The highest BCUT2D eigenvalue weighted by atomic mass is 32.1. The van der Waals surface area contributed by atoms with Gasteiger partial charge in [0.2, 0.25) is 5.95 Å². The van der Waals surface area contributed by atoms with Crippen LogP contribution in [0.2, 0.25) is 0 Å². The summed E-state index contributed by atoms with van der Waals surface area (Å²) in [4.78, 5) is 4.20. The lowest BCUT2D eigenvalue weighted by Gasteiger charge is -2.03. The third-order valence-electron chi connectivity index (χ3n) is 2.10. The number of H-pyrrole nitrogens is 1. The van der Waals surface area contributed by atoms with E-state index in [0.717, 1.165) is 11.3 Å². The largest absolute Gasteiger partial charge is 0.368 e. The molecule has 0 amide bonds. The van der Waals surface area contributed by atoms with Gasteiger partial charge in [-0.05, 0) is 30.8 Å². The number of aryl methyl sites for hydroxylation is 1. The summed E-state index contributed by atoms with van der Waals surface area (Å²) in [7, 11) is 0. The Morgan fingerprint density at radius 3 is 2.87 bits per heavy atom. The molecular weight excluding hydrogens is 210 g/mol. The Hall–Kier alpha value is -1.69. The average Bonchev–Trinajstić information content (AvgIpc) is 2.53. The standard InChI is InChI=1S/C9H11N5S/c1-6-2-3-7(4-11-6)5-14-8(10)12-13-9(14)15/h2-4H,5H2,1H3,(H2,10,12)(H,13,15). The number of hydrogen-bond donors (Lipinski definition) is 2. The van der Waals surface area contributed by atoms with E-state index < -0.39 is 0 Å². The van der Waals surface area contributed by atoms with Crippen molar-refractivity contribution in [1.82, 2.24) is 19.7 Å². The second-order valence-corrected chi connectivity index (χ2v) is 3.67. The molecule has 0 aliphatic rings. The van der Waals surface area contributed by atoms with Crippen LogP contribution < -0.4 is 5.73 Å². The van der Waals surface area contributed by atoms with Gasteiger partial charge in [-0.15, -0.1) is 5.10 Å². The maximum absolute atomic E-state index is 5.65. The van der Waals surface area contributed by atoms with E-state index in [9.17, 15) is 0 Å². The summed E-state index contributed by atoms with van der Waals surface area (Å²) in [5.74, 6) is 0.389. The Labute approximate surface area is 92.0 Å². The number of nitrogens with two attached hydrogens (primary N) is 1. The lowest BCUT2D eigenvalue weighted by atomic mass is 10.2. The first-order chi connectivity index (χ1) is 7.16. The highest BCUT2D eigenvalue weighted by Crippen LogP contribution is 2.06. The second kappa shape index (κ2) is 3.82. The van der Waals surface area contributed by atoms with E-state index >= 15 is 0 Å². The summed E-state index contributed by atoms with van der Waals surface area (Å²) in [5, 5.41) is 6.47. The molecule has 0 fully saturated rings. The van der Waals surface area contributed by atoms with Gasteiger partial charge in [-0.1, -0.05) is 6.07 Å². The van der Waals surface area contributed by atoms with Crippen molar-refractivity contribution in [2.45, 2.75) is 13.5 Å². The van der Waals surface area contributed by atoms with Gasteiger partial charge in [-0.3, -0.25) is 9.55 Å². The number of aromatic amines is 1. The summed E-state index contributed by atoms with van der Waals surface area (Å²) in [6.45, 7) is 2.54. The van der Waals surface area contributed by atoms with Crippen molar-refractivity contribution < 1.29 is 0 Å². The lowest BCUT2D eigenvalue weighted by Crippen LogP contribution is -2.05. The van der Waals surface area contributed by atoms with Crippen molar-refractivity contribution >= 4 is 18.2 Å². The second-order valence-electron chi connectivity index (χ2n) is 3.28. The summed E-state index contributed by atoms with van der Waals surface area (Å²) in [5.41, 5.74) is 7.69. The fraction of sp³-hybridized carbons (Fsp3) is 0.222. The minimum atomic E-state index is 0.389. The van der Waals surface area contributed by atoms with Crippen LogP contribution in [0.25, 0.3) is 0 Å². The minimum Gasteiger partial charge on any atom is -0.368 e. The van der Waals surface area contributed by atoms with Crippen LogP contribution in [0.5, 0.6) is 0 Å². The molecule has 2 aromatic rings. The molecule has 0 saturated heterocycles. The van der Waals surface area contributed by atoms with E-state index in [1.807, 2.05) is 25.3 Å². The highest BCUT2D eigenvalue weighted by molar-refractivity contribution is 7.71. The number of aromatic nitrogens is 4. The zero-order valence-corrected chi connectivity index (χ0v) is 9.08. The maximum atomic E-state index is 5.65. The maximum Gasteiger partial charge on any atom is 0.220 e. The minimum absolute atomic E-state index is 0.389. The van der Waals surface area contributed by atoms with Gasteiger partial charge in [0, 0.05) is 11.9 Å². The molecule has 0 spiro atoms. The molecule has 0 unspecified atom stereocenters. The molecule has 0 aromatic carbocycles. The fourth-order valence-electron chi connectivity index (χ4n) is 1.26. The van der Waals surface area contributed by atoms with Crippen molar-refractivity contribution in [2.24, 2.45) is 0 Å². The van der Waals surface area contributed by atoms with E-state index in [0.29, 0.717) is 17.3 Å². The molecule has 0 atom stereocenters. The molecule has 0 saturated carbocycles. The van der Waals surface area contributed by atoms with E-state index in [-0.39, 0.29) is 0 Å². The molecule has 3 N–H and O–H groups in total. The van der Waals surface area contributed by atoms with Gasteiger partial charge in [0.1, 0.15) is 0 Å².